The molecule has 0 heterocycles. The van der Waals surface area contributed by atoms with Gasteiger partial charge in [-0.05, 0) is 12.1 Å². The monoisotopic (exact) mass is 339 g/mol. The first-order valence-corrected chi connectivity index (χ1v) is 5.93. The molecule has 0 aliphatic carbocycles. The number of benzene rings is 2. The van der Waals surface area contributed by atoms with Crippen molar-refractivity contribution in [2.75, 3.05) is 0 Å². The molecule has 0 unspecified atom stereocenters. The van der Waals surface area contributed by atoms with Crippen LogP contribution in [0.4, 0.5) is 17.1 Å². The Bertz CT molecular complexity index is 754. The number of rotatable bonds is 3. The van der Waals surface area contributed by atoms with E-state index in [2.05, 4.69) is 0 Å². The number of para-hydroxylation sites is 1. The van der Waals surface area contributed by atoms with E-state index in [0.717, 1.165) is 0 Å². The third kappa shape index (κ3) is 4.03. The minimum Gasteiger partial charge on any atom is -0.508 e. The zero-order chi connectivity index (χ0) is 18.4. The van der Waals surface area contributed by atoms with E-state index in [9.17, 15) is 30.3 Å². The normalized spacial score (nSPS) is 9.50. The second kappa shape index (κ2) is 7.35. The Labute approximate surface area is 132 Å². The molecule has 2 aromatic carbocycles. The summed E-state index contributed by atoms with van der Waals surface area (Å²) in [6.07, 6.45) is 0. The van der Waals surface area contributed by atoms with Crippen LogP contribution in [0.25, 0.3) is 0 Å². The SMILES string of the molecule is O=[N+]([O-])c1cc([N+](=O)[O-])c(O)c([N+](=O)[O-])c1O.Oc1ccccc1. The maximum absolute atomic E-state index is 10.4. The fourth-order valence-electron chi connectivity index (χ4n) is 1.50. The Hall–Kier alpha value is -3.96. The van der Waals surface area contributed by atoms with Crippen LogP contribution in [0.2, 0.25) is 0 Å². The van der Waals surface area contributed by atoms with Crippen molar-refractivity contribution in [1.29, 1.82) is 0 Å². The highest BCUT2D eigenvalue weighted by Gasteiger charge is 2.36. The van der Waals surface area contributed by atoms with E-state index in [1.807, 2.05) is 6.07 Å². The highest BCUT2D eigenvalue weighted by molar-refractivity contribution is 5.73. The van der Waals surface area contributed by atoms with E-state index in [1.165, 1.54) is 0 Å². The Balaban J connectivity index is 0.000000341. The average Bonchev–Trinajstić information content (AvgIpc) is 2.47. The average molecular weight is 339 g/mol. The molecule has 0 bridgehead atoms. The summed E-state index contributed by atoms with van der Waals surface area (Å²) in [5.41, 5.74) is -3.95. The van der Waals surface area contributed by atoms with Crippen molar-refractivity contribution in [3.63, 3.8) is 0 Å². The minimum absolute atomic E-state index is 0.234. The molecule has 0 spiro atoms. The lowest BCUT2D eigenvalue weighted by atomic mass is 10.2. The van der Waals surface area contributed by atoms with Crippen LogP contribution in [0.1, 0.15) is 0 Å². The van der Waals surface area contributed by atoms with Gasteiger partial charge in [0.1, 0.15) is 11.8 Å². The van der Waals surface area contributed by atoms with Gasteiger partial charge < -0.3 is 15.3 Å². The predicted molar refractivity (Wildman–Crippen MR) is 77.8 cm³/mol. The van der Waals surface area contributed by atoms with E-state index in [0.29, 0.717) is 5.75 Å². The molecule has 12 heteroatoms. The first-order chi connectivity index (χ1) is 11.2. The zero-order valence-corrected chi connectivity index (χ0v) is 11.6. The molecule has 2 rings (SSSR count). The fourth-order valence-corrected chi connectivity index (χ4v) is 1.50. The second-order valence-corrected chi connectivity index (χ2v) is 4.07. The van der Waals surface area contributed by atoms with Gasteiger partial charge in [0.15, 0.2) is 0 Å². The van der Waals surface area contributed by atoms with Crippen LogP contribution in [0, 0.1) is 30.3 Å². The van der Waals surface area contributed by atoms with Gasteiger partial charge in [0.25, 0.3) is 11.5 Å². The molecule has 2 aromatic rings. The number of phenols is 3. The van der Waals surface area contributed by atoms with Gasteiger partial charge in [-0.15, -0.1) is 0 Å². The molecule has 126 valence electrons. The number of hydrogen-bond acceptors (Lipinski definition) is 9. The van der Waals surface area contributed by atoms with Crippen LogP contribution >= 0.6 is 0 Å². The lowest BCUT2D eigenvalue weighted by molar-refractivity contribution is -0.405. The van der Waals surface area contributed by atoms with Crippen LogP contribution in [-0.4, -0.2) is 30.1 Å². The fraction of sp³-hybridized carbons (Fsp3) is 0. The summed E-state index contributed by atoms with van der Waals surface area (Å²) in [6, 6.07) is 8.95. The van der Waals surface area contributed by atoms with Crippen molar-refractivity contribution >= 4 is 17.1 Å². The number of hydrogen-bond donors (Lipinski definition) is 3. The highest BCUT2D eigenvalue weighted by Crippen LogP contribution is 2.47. The largest absolute Gasteiger partial charge is 0.508 e. The van der Waals surface area contributed by atoms with Crippen LogP contribution < -0.4 is 0 Å². The van der Waals surface area contributed by atoms with E-state index in [1.54, 1.807) is 24.3 Å². The summed E-state index contributed by atoms with van der Waals surface area (Å²) >= 11 is 0. The molecular formula is C12H9N3O9. The van der Waals surface area contributed by atoms with Crippen molar-refractivity contribution in [3.8, 4) is 17.2 Å². The Morgan fingerprint density at radius 1 is 0.708 bits per heavy atom. The van der Waals surface area contributed by atoms with Crippen molar-refractivity contribution in [1.82, 2.24) is 0 Å². The summed E-state index contributed by atoms with van der Waals surface area (Å²) < 4.78 is 0. The summed E-state index contributed by atoms with van der Waals surface area (Å²) in [7, 11) is 0. The third-order valence-electron chi connectivity index (χ3n) is 2.54. The van der Waals surface area contributed by atoms with Crippen molar-refractivity contribution < 1.29 is 30.1 Å². The molecule has 0 saturated carbocycles. The maximum atomic E-state index is 10.4. The molecule has 12 nitrogen and oxygen atoms in total. The number of nitro benzene ring substituents is 3. The molecule has 24 heavy (non-hydrogen) atoms. The van der Waals surface area contributed by atoms with E-state index in [4.69, 9.17) is 15.3 Å². The number of phenolic OH excluding ortho intramolecular Hbond substituents is 3. The van der Waals surface area contributed by atoms with Crippen LogP contribution in [0.3, 0.4) is 0 Å². The Morgan fingerprint density at radius 2 is 1.12 bits per heavy atom. The van der Waals surface area contributed by atoms with Crippen molar-refractivity contribution in [2.45, 2.75) is 0 Å². The molecule has 0 saturated heterocycles. The molecule has 0 aromatic heterocycles. The molecule has 0 atom stereocenters. The van der Waals surface area contributed by atoms with Crippen molar-refractivity contribution in [3.05, 3.63) is 66.7 Å². The molecule has 3 N–H and O–H groups in total. The lowest BCUT2D eigenvalue weighted by Crippen LogP contribution is -1.98. The van der Waals surface area contributed by atoms with Gasteiger partial charge in [-0.1, -0.05) is 18.2 Å². The topological polar surface area (TPSA) is 190 Å². The molecule has 0 fully saturated rings. The van der Waals surface area contributed by atoms with Gasteiger partial charge in [-0.2, -0.15) is 0 Å². The van der Waals surface area contributed by atoms with E-state index >= 15 is 0 Å². The highest BCUT2D eigenvalue weighted by atomic mass is 16.6. The number of aromatic hydroxyl groups is 3. The Kier molecular flexibility index (Phi) is 5.54. The quantitative estimate of drug-likeness (QED) is 0.555. The van der Waals surface area contributed by atoms with Gasteiger partial charge in [-0.3, -0.25) is 30.3 Å². The molecule has 0 amide bonds. The summed E-state index contributed by atoms with van der Waals surface area (Å²) in [6.45, 7) is 0. The smallest absolute Gasteiger partial charge is 0.366 e. The first kappa shape index (κ1) is 18.1. The minimum atomic E-state index is -1.48. The standard InChI is InChI=1S/C6H3N3O8.C6H6O/c10-5-2(7(12)13)1-3(8(14)15)6(11)4(5)9(16)17;7-6-4-2-1-3-5-6/h1,10-11H;1-5,7H. The number of nitrogens with zero attached hydrogens (tertiary/aromatic N) is 3. The van der Waals surface area contributed by atoms with Gasteiger partial charge in [0, 0.05) is 0 Å². The molecular weight excluding hydrogens is 330 g/mol. The van der Waals surface area contributed by atoms with E-state index in [-0.39, 0.29) is 6.07 Å². The Morgan fingerprint density at radius 3 is 1.38 bits per heavy atom. The summed E-state index contributed by atoms with van der Waals surface area (Å²) in [5, 5.41) is 58.2. The van der Waals surface area contributed by atoms with Gasteiger partial charge in [-0.25, -0.2) is 0 Å². The van der Waals surface area contributed by atoms with E-state index < -0.39 is 43.3 Å². The predicted octanol–water partition coefficient (Wildman–Crippen LogP) is 2.21. The molecule has 0 aliphatic heterocycles. The van der Waals surface area contributed by atoms with Crippen LogP contribution in [-0.2, 0) is 0 Å². The molecule has 0 aliphatic rings. The van der Waals surface area contributed by atoms with Crippen LogP contribution in [0.5, 0.6) is 17.2 Å². The maximum Gasteiger partial charge on any atom is 0.366 e. The summed E-state index contributed by atoms with van der Waals surface area (Å²) in [4.78, 5) is 27.4. The van der Waals surface area contributed by atoms with Crippen LogP contribution in [0.15, 0.2) is 36.4 Å². The van der Waals surface area contributed by atoms with Gasteiger partial charge >= 0.3 is 17.1 Å². The lowest BCUT2D eigenvalue weighted by Gasteiger charge is -2.00. The second-order valence-electron chi connectivity index (χ2n) is 4.07. The van der Waals surface area contributed by atoms with Crippen molar-refractivity contribution in [2.24, 2.45) is 0 Å². The zero-order valence-electron chi connectivity index (χ0n) is 11.6. The number of nitro groups is 3. The summed E-state index contributed by atoms with van der Waals surface area (Å²) in [5.74, 6) is -2.56. The third-order valence-corrected chi connectivity index (χ3v) is 2.54. The van der Waals surface area contributed by atoms with Gasteiger partial charge in [0.05, 0.1) is 14.8 Å². The first-order valence-electron chi connectivity index (χ1n) is 5.93. The van der Waals surface area contributed by atoms with Gasteiger partial charge in [0.2, 0.25) is 0 Å². The molecule has 0 radical (unpaired) electrons.